The van der Waals surface area contributed by atoms with E-state index >= 15 is 0 Å². The van der Waals surface area contributed by atoms with Gasteiger partial charge < -0.3 is 9.88 Å². The molecule has 5 nitrogen and oxygen atoms in total. The van der Waals surface area contributed by atoms with Gasteiger partial charge in [0.15, 0.2) is 5.16 Å². The van der Waals surface area contributed by atoms with E-state index in [1.165, 1.54) is 0 Å². The molecule has 4 rings (SSSR count). The van der Waals surface area contributed by atoms with Crippen LogP contribution in [0.5, 0.6) is 0 Å². The molecule has 1 N–H and O–H groups in total. The van der Waals surface area contributed by atoms with Crippen LogP contribution in [0.25, 0.3) is 10.9 Å². The van der Waals surface area contributed by atoms with Crippen molar-refractivity contribution in [2.45, 2.75) is 16.5 Å². The van der Waals surface area contributed by atoms with E-state index in [0.29, 0.717) is 0 Å². The Kier molecular flexibility index (Phi) is 4.89. The molecular weight excluding hydrogens is 356 g/mol. The molecule has 0 bridgehead atoms. The summed E-state index contributed by atoms with van der Waals surface area (Å²) in [4.78, 5) is 22.2. The second-order valence-corrected chi connectivity index (χ2v) is 7.21. The minimum atomic E-state index is -0.0577. The second kappa shape index (κ2) is 7.63. The van der Waals surface area contributed by atoms with Gasteiger partial charge in [-0.2, -0.15) is 0 Å². The van der Waals surface area contributed by atoms with E-state index in [9.17, 15) is 4.79 Å². The maximum atomic E-state index is 12.5. The van der Waals surface area contributed by atoms with Gasteiger partial charge in [0.2, 0.25) is 5.91 Å². The first-order chi connectivity index (χ1) is 13.2. The molecule has 6 heteroatoms. The third kappa shape index (κ3) is 4.01. The van der Waals surface area contributed by atoms with Crippen LogP contribution in [-0.4, -0.2) is 20.4 Å². The summed E-state index contributed by atoms with van der Waals surface area (Å²) in [7, 11) is 1.96. The van der Waals surface area contributed by atoms with Crippen LogP contribution in [0.1, 0.15) is 5.56 Å². The molecule has 0 aliphatic heterocycles. The minimum Gasteiger partial charge on any atom is -0.329 e. The summed E-state index contributed by atoms with van der Waals surface area (Å²) in [5, 5.41) is 4.92. The third-order valence-corrected chi connectivity index (χ3v) is 5.28. The van der Waals surface area contributed by atoms with E-state index in [1.807, 2.05) is 72.4 Å². The van der Waals surface area contributed by atoms with Crippen molar-refractivity contribution < 1.29 is 4.79 Å². The summed E-state index contributed by atoms with van der Waals surface area (Å²) < 4.78 is 1.97. The van der Waals surface area contributed by atoms with E-state index in [0.717, 1.165) is 32.2 Å². The molecular formula is C21H18N4OS. The Bertz CT molecular complexity index is 1080. The smallest absolute Gasteiger partial charge is 0.228 e. The highest BCUT2D eigenvalue weighted by molar-refractivity contribution is 7.99. The number of imidazole rings is 1. The van der Waals surface area contributed by atoms with Gasteiger partial charge in [-0.3, -0.25) is 9.78 Å². The van der Waals surface area contributed by atoms with Crippen molar-refractivity contribution in [3.63, 3.8) is 0 Å². The van der Waals surface area contributed by atoms with Crippen LogP contribution >= 0.6 is 11.8 Å². The minimum absolute atomic E-state index is 0.0577. The Morgan fingerprint density at radius 3 is 2.63 bits per heavy atom. The fourth-order valence-corrected chi connectivity index (χ4v) is 3.65. The van der Waals surface area contributed by atoms with Crippen molar-refractivity contribution in [1.82, 2.24) is 14.5 Å². The van der Waals surface area contributed by atoms with Gasteiger partial charge >= 0.3 is 0 Å². The first-order valence-electron chi connectivity index (χ1n) is 8.57. The Morgan fingerprint density at radius 1 is 1.04 bits per heavy atom. The number of para-hydroxylation sites is 1. The lowest BCUT2D eigenvalue weighted by Gasteiger charge is -2.08. The maximum absolute atomic E-state index is 12.5. The zero-order chi connectivity index (χ0) is 18.6. The summed E-state index contributed by atoms with van der Waals surface area (Å²) in [6.07, 6.45) is 5.73. The largest absolute Gasteiger partial charge is 0.329 e. The number of aromatic nitrogens is 3. The molecule has 134 valence electrons. The topological polar surface area (TPSA) is 59.8 Å². The summed E-state index contributed by atoms with van der Waals surface area (Å²) in [6, 6.07) is 17.6. The molecule has 0 fully saturated rings. The number of amides is 1. The van der Waals surface area contributed by atoms with Crippen molar-refractivity contribution in [2.75, 3.05) is 5.32 Å². The SMILES string of the molecule is Cn1ccnc1Sc1ccc(NC(=O)Cc2cccc3cccnc23)cc1. The molecule has 0 aliphatic rings. The number of fused-ring (bicyclic) bond motifs is 1. The molecule has 0 atom stereocenters. The molecule has 2 heterocycles. The number of hydrogen-bond donors (Lipinski definition) is 1. The molecule has 0 radical (unpaired) electrons. The molecule has 27 heavy (non-hydrogen) atoms. The standard InChI is InChI=1S/C21H18N4OS/c1-25-13-12-23-21(25)27-18-9-7-17(8-10-18)24-19(26)14-16-5-2-4-15-6-3-11-22-20(15)16/h2-13H,14H2,1H3,(H,24,26). The third-order valence-electron chi connectivity index (χ3n) is 4.19. The number of carbonyl (C=O) groups excluding carboxylic acids is 1. The number of pyridine rings is 1. The van der Waals surface area contributed by atoms with E-state index in [-0.39, 0.29) is 12.3 Å². The average molecular weight is 374 g/mol. The van der Waals surface area contributed by atoms with Crippen molar-refractivity contribution in [1.29, 1.82) is 0 Å². The van der Waals surface area contributed by atoms with Crippen molar-refractivity contribution in [3.05, 3.63) is 78.8 Å². The Balaban J connectivity index is 1.43. The van der Waals surface area contributed by atoms with E-state index in [4.69, 9.17) is 0 Å². The molecule has 0 saturated heterocycles. The number of nitrogens with one attached hydrogen (secondary N) is 1. The van der Waals surface area contributed by atoms with Gasteiger partial charge in [0, 0.05) is 41.6 Å². The highest BCUT2D eigenvalue weighted by Crippen LogP contribution is 2.27. The van der Waals surface area contributed by atoms with Gasteiger partial charge in [-0.15, -0.1) is 0 Å². The fourth-order valence-electron chi connectivity index (χ4n) is 2.85. The maximum Gasteiger partial charge on any atom is 0.228 e. The van der Waals surface area contributed by atoms with E-state index in [1.54, 1.807) is 24.2 Å². The van der Waals surface area contributed by atoms with Gasteiger partial charge in [0.1, 0.15) is 0 Å². The Labute approximate surface area is 161 Å². The molecule has 1 amide bonds. The van der Waals surface area contributed by atoms with E-state index in [2.05, 4.69) is 15.3 Å². The van der Waals surface area contributed by atoms with Crippen LogP contribution in [0.3, 0.4) is 0 Å². The lowest BCUT2D eigenvalue weighted by atomic mass is 10.1. The van der Waals surface area contributed by atoms with Crippen molar-refractivity contribution in [3.8, 4) is 0 Å². The second-order valence-electron chi connectivity index (χ2n) is 6.16. The van der Waals surface area contributed by atoms with Crippen LogP contribution in [0.15, 0.2) is 83.2 Å². The summed E-state index contributed by atoms with van der Waals surface area (Å²) in [6.45, 7) is 0. The van der Waals surface area contributed by atoms with Crippen LogP contribution in [0, 0.1) is 0 Å². The molecule has 2 aromatic heterocycles. The summed E-state index contributed by atoms with van der Waals surface area (Å²) in [5.74, 6) is -0.0577. The lowest BCUT2D eigenvalue weighted by Crippen LogP contribution is -2.14. The van der Waals surface area contributed by atoms with Crippen molar-refractivity contribution >= 4 is 34.3 Å². The number of carbonyl (C=O) groups is 1. The first-order valence-corrected chi connectivity index (χ1v) is 9.38. The van der Waals surface area contributed by atoms with Gasteiger partial charge in [0.05, 0.1) is 11.9 Å². The quantitative estimate of drug-likeness (QED) is 0.566. The Morgan fingerprint density at radius 2 is 1.85 bits per heavy atom. The molecule has 4 aromatic rings. The number of anilines is 1. The lowest BCUT2D eigenvalue weighted by molar-refractivity contribution is -0.115. The van der Waals surface area contributed by atoms with Crippen LogP contribution in [0.4, 0.5) is 5.69 Å². The highest BCUT2D eigenvalue weighted by atomic mass is 32.2. The number of benzene rings is 2. The van der Waals surface area contributed by atoms with Gasteiger partial charge in [-0.1, -0.05) is 36.0 Å². The molecule has 0 spiro atoms. The zero-order valence-corrected chi connectivity index (χ0v) is 15.6. The van der Waals surface area contributed by atoms with E-state index < -0.39 is 0 Å². The normalized spacial score (nSPS) is 10.9. The van der Waals surface area contributed by atoms with Crippen LogP contribution in [-0.2, 0) is 18.3 Å². The summed E-state index contributed by atoms with van der Waals surface area (Å²) in [5.41, 5.74) is 2.57. The summed E-state index contributed by atoms with van der Waals surface area (Å²) >= 11 is 1.58. The number of rotatable bonds is 5. The zero-order valence-electron chi connectivity index (χ0n) is 14.8. The number of hydrogen-bond acceptors (Lipinski definition) is 4. The first kappa shape index (κ1) is 17.3. The number of nitrogens with zero attached hydrogens (tertiary/aromatic N) is 3. The van der Waals surface area contributed by atoms with Crippen molar-refractivity contribution in [2.24, 2.45) is 7.05 Å². The fraction of sp³-hybridized carbons (Fsp3) is 0.0952. The van der Waals surface area contributed by atoms with Gasteiger partial charge in [0.25, 0.3) is 0 Å². The average Bonchev–Trinajstić information content (AvgIpc) is 3.08. The predicted molar refractivity (Wildman–Crippen MR) is 108 cm³/mol. The van der Waals surface area contributed by atoms with Crippen LogP contribution in [0.2, 0.25) is 0 Å². The molecule has 2 aromatic carbocycles. The molecule has 0 aliphatic carbocycles. The van der Waals surface area contributed by atoms with Crippen LogP contribution < -0.4 is 5.32 Å². The number of aryl methyl sites for hydroxylation is 1. The van der Waals surface area contributed by atoms with Gasteiger partial charge in [-0.25, -0.2) is 4.98 Å². The monoisotopic (exact) mass is 374 g/mol. The molecule has 0 saturated carbocycles. The Hall–Kier alpha value is -3.12. The highest BCUT2D eigenvalue weighted by Gasteiger charge is 2.09. The predicted octanol–water partition coefficient (Wildman–Crippen LogP) is 4.30. The molecule has 0 unspecified atom stereocenters. The van der Waals surface area contributed by atoms with Gasteiger partial charge in [-0.05, 0) is 35.9 Å².